The Labute approximate surface area is 112 Å². The summed E-state index contributed by atoms with van der Waals surface area (Å²) in [7, 11) is 0. The standard InChI is InChI=1S/C14H19FN2O2/c1-10-4-6-14(19,7-5-10)9-17-13(18)11-2-3-12(15)16-8-11/h2-3,8,10,19H,4-7,9H2,1H3,(H,17,18). The summed E-state index contributed by atoms with van der Waals surface area (Å²) < 4.78 is 12.6. The van der Waals surface area contributed by atoms with Crippen LogP contribution in [0, 0.1) is 11.9 Å². The molecule has 19 heavy (non-hydrogen) atoms. The molecule has 104 valence electrons. The number of carbonyl (C=O) groups is 1. The molecule has 0 aliphatic heterocycles. The predicted octanol–water partition coefficient (Wildman–Crippen LogP) is 1.89. The van der Waals surface area contributed by atoms with Crippen molar-refractivity contribution in [2.24, 2.45) is 5.92 Å². The molecule has 1 aliphatic carbocycles. The molecule has 5 heteroatoms. The van der Waals surface area contributed by atoms with Gasteiger partial charge in [0, 0.05) is 12.7 Å². The molecule has 0 bridgehead atoms. The van der Waals surface area contributed by atoms with Crippen LogP contribution >= 0.6 is 0 Å². The van der Waals surface area contributed by atoms with E-state index in [1.807, 2.05) is 0 Å². The molecule has 2 rings (SSSR count). The Hall–Kier alpha value is -1.49. The normalized spacial score (nSPS) is 27.0. The average molecular weight is 266 g/mol. The molecule has 1 aromatic rings. The molecule has 1 amide bonds. The zero-order chi connectivity index (χ0) is 13.9. The number of hydrogen-bond acceptors (Lipinski definition) is 3. The summed E-state index contributed by atoms with van der Waals surface area (Å²) in [5.74, 6) is -0.312. The highest BCUT2D eigenvalue weighted by Crippen LogP contribution is 2.31. The van der Waals surface area contributed by atoms with Crippen LogP contribution < -0.4 is 5.32 Å². The van der Waals surface area contributed by atoms with E-state index in [2.05, 4.69) is 17.2 Å². The Bertz CT molecular complexity index is 439. The summed E-state index contributed by atoms with van der Waals surface area (Å²) in [6.45, 7) is 2.40. The minimum atomic E-state index is -0.810. The Morgan fingerprint density at radius 2 is 2.21 bits per heavy atom. The predicted molar refractivity (Wildman–Crippen MR) is 69.1 cm³/mol. The van der Waals surface area contributed by atoms with Crippen LogP contribution in [0.25, 0.3) is 0 Å². The number of nitrogens with one attached hydrogen (secondary N) is 1. The van der Waals surface area contributed by atoms with Gasteiger partial charge in [-0.2, -0.15) is 4.39 Å². The third-order valence-electron chi connectivity index (χ3n) is 3.77. The second-order valence-corrected chi connectivity index (χ2v) is 5.46. The highest BCUT2D eigenvalue weighted by molar-refractivity contribution is 5.93. The van der Waals surface area contributed by atoms with Crippen LogP contribution in [0.15, 0.2) is 18.3 Å². The van der Waals surface area contributed by atoms with Crippen molar-refractivity contribution in [3.8, 4) is 0 Å². The molecular formula is C14H19FN2O2. The maximum Gasteiger partial charge on any atom is 0.252 e. The first-order valence-electron chi connectivity index (χ1n) is 6.61. The molecule has 0 aromatic carbocycles. The largest absolute Gasteiger partial charge is 0.388 e. The minimum Gasteiger partial charge on any atom is -0.388 e. The van der Waals surface area contributed by atoms with Gasteiger partial charge in [-0.05, 0) is 43.7 Å². The molecule has 0 spiro atoms. The van der Waals surface area contributed by atoms with E-state index in [0.29, 0.717) is 24.3 Å². The fourth-order valence-electron chi connectivity index (χ4n) is 2.33. The fourth-order valence-corrected chi connectivity index (χ4v) is 2.33. The smallest absolute Gasteiger partial charge is 0.252 e. The number of amides is 1. The van der Waals surface area contributed by atoms with Gasteiger partial charge in [0.05, 0.1) is 11.2 Å². The van der Waals surface area contributed by atoms with E-state index in [0.717, 1.165) is 18.9 Å². The van der Waals surface area contributed by atoms with E-state index >= 15 is 0 Å². The van der Waals surface area contributed by atoms with Crippen LogP contribution in [0.1, 0.15) is 43.0 Å². The summed E-state index contributed by atoms with van der Waals surface area (Å²) in [6, 6.07) is 2.52. The van der Waals surface area contributed by atoms with Crippen LogP contribution in [-0.2, 0) is 0 Å². The zero-order valence-corrected chi connectivity index (χ0v) is 11.0. The van der Waals surface area contributed by atoms with Gasteiger partial charge in [0.1, 0.15) is 0 Å². The number of pyridine rings is 1. The first kappa shape index (κ1) is 13.9. The third kappa shape index (κ3) is 3.73. The second kappa shape index (κ2) is 5.65. The van der Waals surface area contributed by atoms with Gasteiger partial charge in [-0.3, -0.25) is 4.79 Å². The van der Waals surface area contributed by atoms with Crippen LogP contribution in [0.4, 0.5) is 4.39 Å². The molecule has 1 saturated carbocycles. The van der Waals surface area contributed by atoms with Crippen LogP contribution in [0.2, 0.25) is 0 Å². The van der Waals surface area contributed by atoms with Gasteiger partial charge in [-0.15, -0.1) is 0 Å². The van der Waals surface area contributed by atoms with Crippen molar-refractivity contribution < 1.29 is 14.3 Å². The molecule has 2 N–H and O–H groups in total. The molecule has 0 unspecified atom stereocenters. The van der Waals surface area contributed by atoms with Crippen molar-refractivity contribution in [2.45, 2.75) is 38.2 Å². The van der Waals surface area contributed by atoms with Gasteiger partial charge in [0.25, 0.3) is 5.91 Å². The van der Waals surface area contributed by atoms with Crippen molar-refractivity contribution in [3.63, 3.8) is 0 Å². The number of aromatic nitrogens is 1. The topological polar surface area (TPSA) is 62.2 Å². The Morgan fingerprint density at radius 1 is 1.53 bits per heavy atom. The van der Waals surface area contributed by atoms with Crippen LogP contribution in [0.5, 0.6) is 0 Å². The highest BCUT2D eigenvalue weighted by Gasteiger charge is 2.32. The van der Waals surface area contributed by atoms with Crippen molar-refractivity contribution in [3.05, 3.63) is 29.8 Å². The van der Waals surface area contributed by atoms with Gasteiger partial charge in [0.15, 0.2) is 0 Å². The van der Waals surface area contributed by atoms with Gasteiger partial charge >= 0.3 is 0 Å². The van der Waals surface area contributed by atoms with Gasteiger partial charge < -0.3 is 10.4 Å². The molecule has 1 aromatic heterocycles. The quantitative estimate of drug-likeness (QED) is 0.821. The fraction of sp³-hybridized carbons (Fsp3) is 0.571. The van der Waals surface area contributed by atoms with Crippen LogP contribution in [0.3, 0.4) is 0 Å². The maximum absolute atomic E-state index is 12.6. The minimum absolute atomic E-state index is 0.232. The number of rotatable bonds is 3. The second-order valence-electron chi connectivity index (χ2n) is 5.46. The monoisotopic (exact) mass is 266 g/mol. The van der Waals surface area contributed by atoms with E-state index in [4.69, 9.17) is 0 Å². The first-order valence-corrected chi connectivity index (χ1v) is 6.61. The van der Waals surface area contributed by atoms with Crippen molar-refractivity contribution in [1.82, 2.24) is 10.3 Å². The summed E-state index contributed by atoms with van der Waals surface area (Å²) >= 11 is 0. The number of nitrogens with zero attached hydrogens (tertiary/aromatic N) is 1. The first-order chi connectivity index (χ1) is 8.98. The van der Waals surface area contributed by atoms with Gasteiger partial charge in [0.2, 0.25) is 5.95 Å². The third-order valence-corrected chi connectivity index (χ3v) is 3.77. The molecule has 4 nitrogen and oxygen atoms in total. The molecule has 0 atom stereocenters. The van der Waals surface area contributed by atoms with Crippen LogP contribution in [-0.4, -0.2) is 28.1 Å². The SMILES string of the molecule is CC1CCC(O)(CNC(=O)c2ccc(F)nc2)CC1. The Kier molecular flexibility index (Phi) is 4.14. The van der Waals surface area contributed by atoms with Crippen molar-refractivity contribution in [2.75, 3.05) is 6.54 Å². The summed E-state index contributed by atoms with van der Waals surface area (Å²) in [6.07, 6.45) is 4.55. The molecular weight excluding hydrogens is 247 g/mol. The van der Waals surface area contributed by atoms with Crippen molar-refractivity contribution >= 4 is 5.91 Å². The number of carbonyl (C=O) groups excluding carboxylic acids is 1. The van der Waals surface area contributed by atoms with E-state index in [1.54, 1.807) is 0 Å². The lowest BCUT2D eigenvalue weighted by atomic mass is 9.79. The van der Waals surface area contributed by atoms with E-state index < -0.39 is 11.5 Å². The summed E-state index contributed by atoms with van der Waals surface area (Å²) in [5.41, 5.74) is -0.510. The number of hydrogen-bond donors (Lipinski definition) is 2. The summed E-state index contributed by atoms with van der Waals surface area (Å²) in [5, 5.41) is 13.0. The van der Waals surface area contributed by atoms with E-state index in [-0.39, 0.29) is 12.5 Å². The Balaban J connectivity index is 1.88. The lowest BCUT2D eigenvalue weighted by molar-refractivity contribution is -0.00540. The highest BCUT2D eigenvalue weighted by atomic mass is 19.1. The molecule has 0 saturated heterocycles. The number of halogens is 1. The zero-order valence-electron chi connectivity index (χ0n) is 11.0. The molecule has 1 aliphatic rings. The average Bonchev–Trinajstić information content (AvgIpc) is 2.41. The summed E-state index contributed by atoms with van der Waals surface area (Å²) in [4.78, 5) is 15.3. The lowest BCUT2D eigenvalue weighted by Gasteiger charge is -2.34. The molecule has 0 radical (unpaired) electrons. The van der Waals surface area contributed by atoms with Gasteiger partial charge in [-0.25, -0.2) is 4.98 Å². The van der Waals surface area contributed by atoms with E-state index in [9.17, 15) is 14.3 Å². The van der Waals surface area contributed by atoms with E-state index in [1.165, 1.54) is 12.3 Å². The lowest BCUT2D eigenvalue weighted by Crippen LogP contribution is -2.45. The molecule has 1 heterocycles. The maximum atomic E-state index is 12.6. The van der Waals surface area contributed by atoms with Gasteiger partial charge in [-0.1, -0.05) is 6.92 Å². The Morgan fingerprint density at radius 3 is 2.79 bits per heavy atom. The number of aliphatic hydroxyl groups is 1. The van der Waals surface area contributed by atoms with Crippen molar-refractivity contribution in [1.29, 1.82) is 0 Å². The molecule has 1 fully saturated rings.